The number of aromatic nitrogens is 2. The molecule has 0 saturated heterocycles. The maximum absolute atomic E-state index is 6.04. The molecule has 0 spiro atoms. The van der Waals surface area contributed by atoms with E-state index in [2.05, 4.69) is 25.9 Å². The van der Waals surface area contributed by atoms with E-state index < -0.39 is 0 Å². The number of rotatable bonds is 2. The molecule has 0 aliphatic heterocycles. The monoisotopic (exact) mass is 181 g/mol. The molecule has 0 saturated carbocycles. The van der Waals surface area contributed by atoms with Crippen LogP contribution in [0.5, 0.6) is 0 Å². The Morgan fingerprint density at radius 1 is 1.54 bits per heavy atom. The molecular weight excluding hydrogens is 162 g/mol. The quantitative estimate of drug-likeness (QED) is 0.748. The van der Waals surface area contributed by atoms with Crippen molar-refractivity contribution in [1.29, 1.82) is 0 Å². The van der Waals surface area contributed by atoms with Gasteiger partial charge >= 0.3 is 0 Å². The molecule has 1 atom stereocenters. The van der Waals surface area contributed by atoms with E-state index in [-0.39, 0.29) is 11.5 Å². The molecular formula is C10H19N3. The maximum atomic E-state index is 6.04. The molecule has 0 bridgehead atoms. The Labute approximate surface area is 79.9 Å². The molecule has 3 nitrogen and oxygen atoms in total. The van der Waals surface area contributed by atoms with Gasteiger partial charge < -0.3 is 5.73 Å². The number of nitrogens with two attached hydrogens (primary N) is 1. The van der Waals surface area contributed by atoms with Gasteiger partial charge in [-0.3, -0.25) is 4.68 Å². The third kappa shape index (κ3) is 2.84. The molecule has 0 fully saturated rings. The predicted molar refractivity (Wildman–Crippen MR) is 54.3 cm³/mol. The molecule has 3 heteroatoms. The molecule has 0 aliphatic carbocycles. The molecule has 1 heterocycles. The first-order valence-electron chi connectivity index (χ1n) is 4.63. The summed E-state index contributed by atoms with van der Waals surface area (Å²) in [7, 11) is 1.92. The number of hydrogen-bond donors (Lipinski definition) is 1. The first-order chi connectivity index (χ1) is 5.89. The molecule has 1 aromatic heterocycles. The molecule has 0 aromatic carbocycles. The third-order valence-electron chi connectivity index (χ3n) is 2.31. The smallest absolute Gasteiger partial charge is 0.0640 e. The topological polar surface area (TPSA) is 43.8 Å². The fourth-order valence-electron chi connectivity index (χ4n) is 1.10. The van der Waals surface area contributed by atoms with Crippen molar-refractivity contribution >= 4 is 0 Å². The number of nitrogens with zero attached hydrogens (tertiary/aromatic N) is 2. The first kappa shape index (κ1) is 10.3. The summed E-state index contributed by atoms with van der Waals surface area (Å²) in [6.45, 7) is 6.46. The van der Waals surface area contributed by atoms with Gasteiger partial charge in [0.1, 0.15) is 0 Å². The van der Waals surface area contributed by atoms with Gasteiger partial charge in [0.2, 0.25) is 0 Å². The van der Waals surface area contributed by atoms with E-state index >= 15 is 0 Å². The highest BCUT2D eigenvalue weighted by molar-refractivity contribution is 5.02. The van der Waals surface area contributed by atoms with Gasteiger partial charge in [-0.05, 0) is 11.5 Å². The Morgan fingerprint density at radius 2 is 2.15 bits per heavy atom. The Kier molecular flexibility index (Phi) is 2.76. The summed E-state index contributed by atoms with van der Waals surface area (Å²) in [6.07, 6.45) is 2.80. The van der Waals surface area contributed by atoms with Crippen molar-refractivity contribution in [1.82, 2.24) is 9.78 Å². The van der Waals surface area contributed by atoms with Crippen LogP contribution in [-0.2, 0) is 13.5 Å². The summed E-state index contributed by atoms with van der Waals surface area (Å²) >= 11 is 0. The maximum Gasteiger partial charge on any atom is 0.0640 e. The van der Waals surface area contributed by atoms with Crippen molar-refractivity contribution in [3.8, 4) is 0 Å². The zero-order valence-electron chi connectivity index (χ0n) is 8.91. The SMILES string of the molecule is Cn1ccc(CC(N)C(C)(C)C)n1. The molecule has 1 aromatic rings. The van der Waals surface area contributed by atoms with E-state index in [0.717, 1.165) is 12.1 Å². The van der Waals surface area contributed by atoms with E-state index in [9.17, 15) is 0 Å². The van der Waals surface area contributed by atoms with Gasteiger partial charge in [-0.15, -0.1) is 0 Å². The fourth-order valence-corrected chi connectivity index (χ4v) is 1.10. The summed E-state index contributed by atoms with van der Waals surface area (Å²) in [5.41, 5.74) is 7.27. The van der Waals surface area contributed by atoms with Gasteiger partial charge in [-0.2, -0.15) is 5.10 Å². The Morgan fingerprint density at radius 3 is 2.54 bits per heavy atom. The molecule has 1 unspecified atom stereocenters. The minimum absolute atomic E-state index is 0.150. The highest BCUT2D eigenvalue weighted by atomic mass is 15.2. The van der Waals surface area contributed by atoms with Gasteiger partial charge in [0.25, 0.3) is 0 Å². The second kappa shape index (κ2) is 3.50. The van der Waals surface area contributed by atoms with E-state index in [4.69, 9.17) is 5.73 Å². The summed E-state index contributed by atoms with van der Waals surface area (Å²) in [5, 5.41) is 4.30. The molecule has 0 aliphatic rings. The van der Waals surface area contributed by atoms with Gasteiger partial charge in [-0.1, -0.05) is 20.8 Å². The van der Waals surface area contributed by atoms with Crippen LogP contribution < -0.4 is 5.73 Å². The largest absolute Gasteiger partial charge is 0.327 e. The molecule has 2 N–H and O–H groups in total. The van der Waals surface area contributed by atoms with Crippen LogP contribution in [0.3, 0.4) is 0 Å². The molecule has 1 rings (SSSR count). The lowest BCUT2D eigenvalue weighted by Crippen LogP contribution is -2.37. The lowest BCUT2D eigenvalue weighted by Gasteiger charge is -2.26. The van der Waals surface area contributed by atoms with Crippen LogP contribution in [-0.4, -0.2) is 15.8 Å². The van der Waals surface area contributed by atoms with E-state index in [1.54, 1.807) is 0 Å². The van der Waals surface area contributed by atoms with Crippen molar-refractivity contribution < 1.29 is 0 Å². The van der Waals surface area contributed by atoms with Crippen LogP contribution in [0.25, 0.3) is 0 Å². The van der Waals surface area contributed by atoms with Crippen molar-refractivity contribution in [3.63, 3.8) is 0 Å². The highest BCUT2D eigenvalue weighted by Gasteiger charge is 2.21. The lowest BCUT2D eigenvalue weighted by atomic mass is 9.85. The minimum atomic E-state index is 0.150. The van der Waals surface area contributed by atoms with Crippen LogP contribution in [0.4, 0.5) is 0 Å². The Hall–Kier alpha value is -0.830. The van der Waals surface area contributed by atoms with Crippen LogP contribution in [0.1, 0.15) is 26.5 Å². The summed E-state index contributed by atoms with van der Waals surface area (Å²) in [6, 6.07) is 2.19. The summed E-state index contributed by atoms with van der Waals surface area (Å²) < 4.78 is 1.81. The minimum Gasteiger partial charge on any atom is -0.327 e. The van der Waals surface area contributed by atoms with Crippen molar-refractivity contribution in [2.45, 2.75) is 33.2 Å². The van der Waals surface area contributed by atoms with Gasteiger partial charge in [0.05, 0.1) is 5.69 Å². The van der Waals surface area contributed by atoms with Crippen LogP contribution in [0, 0.1) is 5.41 Å². The number of aryl methyl sites for hydroxylation is 1. The van der Waals surface area contributed by atoms with Gasteiger partial charge in [0.15, 0.2) is 0 Å². The summed E-state index contributed by atoms with van der Waals surface area (Å²) in [4.78, 5) is 0. The van der Waals surface area contributed by atoms with Gasteiger partial charge in [-0.25, -0.2) is 0 Å². The van der Waals surface area contributed by atoms with Gasteiger partial charge in [0, 0.05) is 25.7 Å². The second-order valence-corrected chi connectivity index (χ2v) is 4.66. The van der Waals surface area contributed by atoms with Crippen LogP contribution in [0.15, 0.2) is 12.3 Å². The highest BCUT2D eigenvalue weighted by Crippen LogP contribution is 2.19. The standard InChI is InChI=1S/C10H19N3/c1-10(2,3)9(11)7-8-5-6-13(4)12-8/h5-6,9H,7,11H2,1-4H3. The molecule has 74 valence electrons. The second-order valence-electron chi connectivity index (χ2n) is 4.66. The van der Waals surface area contributed by atoms with E-state index in [1.807, 2.05) is 24.0 Å². The Balaban J connectivity index is 2.60. The first-order valence-corrected chi connectivity index (χ1v) is 4.63. The predicted octanol–water partition coefficient (Wildman–Crippen LogP) is 1.34. The number of hydrogen-bond acceptors (Lipinski definition) is 2. The van der Waals surface area contributed by atoms with Crippen LogP contribution >= 0.6 is 0 Å². The zero-order valence-corrected chi connectivity index (χ0v) is 8.91. The molecule has 0 radical (unpaired) electrons. The Bertz CT molecular complexity index is 270. The zero-order chi connectivity index (χ0) is 10.1. The van der Waals surface area contributed by atoms with Crippen molar-refractivity contribution in [3.05, 3.63) is 18.0 Å². The summed E-state index contributed by atoms with van der Waals surface area (Å²) in [5.74, 6) is 0. The van der Waals surface area contributed by atoms with Crippen molar-refractivity contribution in [2.75, 3.05) is 0 Å². The van der Waals surface area contributed by atoms with E-state index in [0.29, 0.717) is 0 Å². The molecule has 13 heavy (non-hydrogen) atoms. The fraction of sp³-hybridized carbons (Fsp3) is 0.700. The third-order valence-corrected chi connectivity index (χ3v) is 2.31. The van der Waals surface area contributed by atoms with Crippen molar-refractivity contribution in [2.24, 2.45) is 18.2 Å². The normalized spacial score (nSPS) is 14.5. The van der Waals surface area contributed by atoms with E-state index in [1.165, 1.54) is 0 Å². The average Bonchev–Trinajstić information content (AvgIpc) is 2.33. The molecule has 0 amide bonds. The lowest BCUT2D eigenvalue weighted by molar-refractivity contribution is 0.316. The van der Waals surface area contributed by atoms with Crippen LogP contribution in [0.2, 0.25) is 0 Å². The average molecular weight is 181 g/mol.